The van der Waals surface area contributed by atoms with E-state index in [1.54, 1.807) is 12.1 Å². The van der Waals surface area contributed by atoms with Gasteiger partial charge in [0.05, 0.1) is 11.6 Å². The van der Waals surface area contributed by atoms with Crippen molar-refractivity contribution in [1.82, 2.24) is 0 Å². The van der Waals surface area contributed by atoms with Gasteiger partial charge in [-0.1, -0.05) is 23.7 Å². The highest BCUT2D eigenvalue weighted by atomic mass is 35.5. The summed E-state index contributed by atoms with van der Waals surface area (Å²) in [6.07, 6.45) is 4.91. The van der Waals surface area contributed by atoms with Crippen LogP contribution in [-0.4, -0.2) is 5.91 Å². The van der Waals surface area contributed by atoms with Crippen LogP contribution in [0.3, 0.4) is 0 Å². The van der Waals surface area contributed by atoms with E-state index in [4.69, 9.17) is 16.9 Å². The fourth-order valence-corrected chi connectivity index (χ4v) is 3.66. The SMILES string of the molecule is N#Cc1ccc(C2CCC(CC(=O)Nc3ccc(Cl)cc3)CC2)cc1. The molecular weight excluding hydrogens is 332 g/mol. The summed E-state index contributed by atoms with van der Waals surface area (Å²) < 4.78 is 0. The van der Waals surface area contributed by atoms with Crippen molar-refractivity contribution in [1.29, 1.82) is 5.26 Å². The lowest BCUT2D eigenvalue weighted by Gasteiger charge is -2.28. The van der Waals surface area contributed by atoms with Crippen LogP contribution in [0.5, 0.6) is 0 Å². The zero-order chi connectivity index (χ0) is 17.6. The minimum absolute atomic E-state index is 0.0733. The van der Waals surface area contributed by atoms with Crippen LogP contribution in [0.2, 0.25) is 5.02 Å². The van der Waals surface area contributed by atoms with Crippen LogP contribution in [0.1, 0.15) is 49.1 Å². The number of nitriles is 1. The number of anilines is 1. The number of carbonyl (C=O) groups excluding carboxylic acids is 1. The molecule has 0 radical (unpaired) electrons. The summed E-state index contributed by atoms with van der Waals surface area (Å²) in [6.45, 7) is 0. The summed E-state index contributed by atoms with van der Waals surface area (Å²) >= 11 is 5.86. The molecule has 0 unspecified atom stereocenters. The van der Waals surface area contributed by atoms with Gasteiger partial charge in [-0.15, -0.1) is 0 Å². The summed E-state index contributed by atoms with van der Waals surface area (Å²) in [6, 6.07) is 17.3. The zero-order valence-electron chi connectivity index (χ0n) is 14.0. The number of amides is 1. The Labute approximate surface area is 153 Å². The van der Waals surface area contributed by atoms with E-state index in [1.807, 2.05) is 24.3 Å². The number of hydrogen-bond donors (Lipinski definition) is 1. The fourth-order valence-electron chi connectivity index (χ4n) is 3.54. The van der Waals surface area contributed by atoms with Crippen molar-refractivity contribution in [2.24, 2.45) is 5.92 Å². The molecule has 0 saturated heterocycles. The van der Waals surface area contributed by atoms with Crippen molar-refractivity contribution in [2.75, 3.05) is 5.32 Å². The molecular formula is C21H21ClN2O. The normalized spacial score (nSPS) is 19.8. The van der Waals surface area contributed by atoms with E-state index in [0.29, 0.717) is 28.8 Å². The number of nitrogens with one attached hydrogen (secondary N) is 1. The van der Waals surface area contributed by atoms with Crippen molar-refractivity contribution < 1.29 is 4.79 Å². The Morgan fingerprint density at radius 1 is 1.04 bits per heavy atom. The Bertz CT molecular complexity index is 754. The van der Waals surface area contributed by atoms with E-state index in [9.17, 15) is 4.79 Å². The van der Waals surface area contributed by atoms with Crippen LogP contribution in [0, 0.1) is 17.2 Å². The standard InChI is InChI=1S/C21H21ClN2O/c22-19-9-11-20(12-10-19)24-21(25)13-15-1-5-17(6-2-15)18-7-3-16(14-23)4-8-18/h3-4,7-12,15,17H,1-2,5-6,13H2,(H,24,25). The van der Waals surface area contributed by atoms with Gasteiger partial charge in [0.1, 0.15) is 0 Å². The molecule has 2 aromatic carbocycles. The monoisotopic (exact) mass is 352 g/mol. The van der Waals surface area contributed by atoms with Crippen LogP contribution < -0.4 is 5.32 Å². The van der Waals surface area contributed by atoms with E-state index in [-0.39, 0.29) is 5.91 Å². The van der Waals surface area contributed by atoms with E-state index >= 15 is 0 Å². The maximum absolute atomic E-state index is 12.2. The zero-order valence-corrected chi connectivity index (χ0v) is 14.8. The first kappa shape index (κ1) is 17.5. The fraction of sp³-hybridized carbons (Fsp3) is 0.333. The van der Waals surface area contributed by atoms with Gasteiger partial charge in [0, 0.05) is 17.1 Å². The summed E-state index contributed by atoms with van der Waals surface area (Å²) in [5.41, 5.74) is 2.81. The Balaban J connectivity index is 1.47. The van der Waals surface area contributed by atoms with Gasteiger partial charge >= 0.3 is 0 Å². The van der Waals surface area contributed by atoms with Crippen LogP contribution in [0.4, 0.5) is 5.69 Å². The van der Waals surface area contributed by atoms with Crippen molar-refractivity contribution in [3.63, 3.8) is 0 Å². The van der Waals surface area contributed by atoms with Crippen LogP contribution >= 0.6 is 11.6 Å². The average molecular weight is 353 g/mol. The molecule has 1 aliphatic rings. The highest BCUT2D eigenvalue weighted by molar-refractivity contribution is 6.30. The van der Waals surface area contributed by atoms with Crippen LogP contribution in [0.25, 0.3) is 0 Å². The van der Waals surface area contributed by atoms with Crippen molar-refractivity contribution in [3.8, 4) is 6.07 Å². The Morgan fingerprint density at radius 2 is 1.68 bits per heavy atom. The number of benzene rings is 2. The Morgan fingerprint density at radius 3 is 2.28 bits per heavy atom. The van der Waals surface area contributed by atoms with E-state index in [1.165, 1.54) is 5.56 Å². The molecule has 1 saturated carbocycles. The van der Waals surface area contributed by atoms with Gasteiger partial charge in [-0.3, -0.25) is 4.79 Å². The van der Waals surface area contributed by atoms with Gasteiger partial charge in [-0.05, 0) is 79.5 Å². The summed E-state index contributed by atoms with van der Waals surface area (Å²) in [4.78, 5) is 12.2. The molecule has 0 aliphatic heterocycles. The molecule has 0 atom stereocenters. The van der Waals surface area contributed by atoms with Crippen LogP contribution in [0.15, 0.2) is 48.5 Å². The second kappa shape index (κ2) is 8.18. The topological polar surface area (TPSA) is 52.9 Å². The largest absolute Gasteiger partial charge is 0.326 e. The first-order valence-electron chi connectivity index (χ1n) is 8.69. The molecule has 0 aromatic heterocycles. The van der Waals surface area contributed by atoms with Crippen LogP contribution in [-0.2, 0) is 4.79 Å². The molecule has 3 rings (SSSR count). The van der Waals surface area contributed by atoms with Gasteiger partial charge in [-0.25, -0.2) is 0 Å². The molecule has 1 N–H and O–H groups in total. The number of nitrogens with zero attached hydrogens (tertiary/aromatic N) is 1. The molecule has 2 aromatic rings. The Hall–Kier alpha value is -2.31. The van der Waals surface area contributed by atoms with Crippen molar-refractivity contribution >= 4 is 23.2 Å². The highest BCUT2D eigenvalue weighted by Crippen LogP contribution is 2.37. The third kappa shape index (κ3) is 4.84. The molecule has 128 valence electrons. The predicted octanol–water partition coefficient (Wildman–Crippen LogP) is 5.51. The predicted molar refractivity (Wildman–Crippen MR) is 101 cm³/mol. The average Bonchev–Trinajstić information content (AvgIpc) is 2.64. The number of rotatable bonds is 4. The smallest absolute Gasteiger partial charge is 0.224 e. The number of carbonyl (C=O) groups is 1. The molecule has 3 nitrogen and oxygen atoms in total. The minimum atomic E-state index is 0.0733. The quantitative estimate of drug-likeness (QED) is 0.788. The van der Waals surface area contributed by atoms with E-state index in [2.05, 4.69) is 23.5 Å². The highest BCUT2D eigenvalue weighted by Gasteiger charge is 2.24. The van der Waals surface area contributed by atoms with E-state index < -0.39 is 0 Å². The summed E-state index contributed by atoms with van der Waals surface area (Å²) in [7, 11) is 0. The maximum atomic E-state index is 12.2. The maximum Gasteiger partial charge on any atom is 0.224 e. The molecule has 4 heteroatoms. The number of halogens is 1. The lowest BCUT2D eigenvalue weighted by molar-refractivity contribution is -0.117. The van der Waals surface area contributed by atoms with Crippen molar-refractivity contribution in [3.05, 3.63) is 64.7 Å². The molecule has 0 heterocycles. The second-order valence-corrected chi connectivity index (χ2v) is 7.15. The lowest BCUT2D eigenvalue weighted by Crippen LogP contribution is -2.20. The lowest BCUT2D eigenvalue weighted by atomic mass is 9.77. The molecule has 0 bridgehead atoms. The molecule has 25 heavy (non-hydrogen) atoms. The Kier molecular flexibility index (Phi) is 5.73. The van der Waals surface area contributed by atoms with Gasteiger partial charge in [0.2, 0.25) is 5.91 Å². The van der Waals surface area contributed by atoms with Crippen molar-refractivity contribution in [2.45, 2.75) is 38.0 Å². The molecule has 1 fully saturated rings. The molecule has 1 amide bonds. The van der Waals surface area contributed by atoms with Gasteiger partial charge < -0.3 is 5.32 Å². The molecule has 1 aliphatic carbocycles. The third-order valence-electron chi connectivity index (χ3n) is 4.96. The third-order valence-corrected chi connectivity index (χ3v) is 5.21. The first-order chi connectivity index (χ1) is 12.1. The van der Waals surface area contributed by atoms with Gasteiger partial charge in [-0.2, -0.15) is 5.26 Å². The first-order valence-corrected chi connectivity index (χ1v) is 9.07. The van der Waals surface area contributed by atoms with E-state index in [0.717, 1.165) is 31.4 Å². The second-order valence-electron chi connectivity index (χ2n) is 6.71. The summed E-state index contributed by atoms with van der Waals surface area (Å²) in [5.74, 6) is 1.06. The summed E-state index contributed by atoms with van der Waals surface area (Å²) in [5, 5.41) is 12.5. The minimum Gasteiger partial charge on any atom is -0.326 e. The van der Waals surface area contributed by atoms with Gasteiger partial charge in [0.25, 0.3) is 0 Å². The van der Waals surface area contributed by atoms with Gasteiger partial charge in [0.15, 0.2) is 0 Å². The number of hydrogen-bond acceptors (Lipinski definition) is 2. The molecule has 0 spiro atoms.